The second kappa shape index (κ2) is 3.40. The number of hydrogen-bond donors (Lipinski definition) is 0. The molecule has 3 heteroatoms. The molecule has 0 aliphatic heterocycles. The Morgan fingerprint density at radius 2 is 2.14 bits per heavy atom. The molecule has 1 aromatic rings. The van der Waals surface area contributed by atoms with E-state index in [2.05, 4.69) is 23.3 Å². The van der Waals surface area contributed by atoms with E-state index in [1.807, 2.05) is 11.5 Å². The van der Waals surface area contributed by atoms with E-state index in [0.717, 1.165) is 18.5 Å². The maximum absolute atomic E-state index is 4.46. The van der Waals surface area contributed by atoms with Gasteiger partial charge in [0.2, 0.25) is 5.95 Å². The van der Waals surface area contributed by atoms with Gasteiger partial charge in [-0.05, 0) is 39.3 Å². The van der Waals surface area contributed by atoms with Gasteiger partial charge in [-0.1, -0.05) is 6.58 Å². The number of fused-ring (bicyclic) bond motifs is 1. The fourth-order valence-electron chi connectivity index (χ4n) is 2.03. The van der Waals surface area contributed by atoms with Gasteiger partial charge in [-0.2, -0.15) is 0 Å². The fraction of sp³-hybridized carbons (Fsp3) is 0.455. The number of hydrogen-bond acceptors (Lipinski definition) is 2. The van der Waals surface area contributed by atoms with Gasteiger partial charge in [0.15, 0.2) is 0 Å². The van der Waals surface area contributed by atoms with E-state index >= 15 is 0 Å². The Morgan fingerprint density at radius 3 is 2.79 bits per heavy atom. The Hall–Kier alpha value is -1.38. The lowest BCUT2D eigenvalue weighted by molar-refractivity contribution is 0.657. The van der Waals surface area contributed by atoms with Crippen LogP contribution in [0.2, 0.25) is 0 Å². The molecule has 0 fully saturated rings. The SMILES string of the molecule is C=Nc1nc2c(n1C(=C)C)CCCC2. The normalized spacial score (nSPS) is 14.9. The minimum atomic E-state index is 0.699. The maximum atomic E-state index is 4.46. The van der Waals surface area contributed by atoms with Gasteiger partial charge in [-0.15, -0.1) is 0 Å². The Balaban J connectivity index is 2.58. The van der Waals surface area contributed by atoms with E-state index in [4.69, 9.17) is 0 Å². The van der Waals surface area contributed by atoms with E-state index in [-0.39, 0.29) is 0 Å². The second-order valence-electron chi connectivity index (χ2n) is 3.74. The number of aryl methyl sites for hydroxylation is 1. The summed E-state index contributed by atoms with van der Waals surface area (Å²) in [5.41, 5.74) is 3.44. The van der Waals surface area contributed by atoms with E-state index in [9.17, 15) is 0 Å². The number of aromatic nitrogens is 2. The summed E-state index contributed by atoms with van der Waals surface area (Å²) >= 11 is 0. The highest BCUT2D eigenvalue weighted by Crippen LogP contribution is 2.28. The van der Waals surface area contributed by atoms with Crippen LogP contribution in [0.4, 0.5) is 5.95 Å². The average Bonchev–Trinajstić information content (AvgIpc) is 2.55. The summed E-state index contributed by atoms with van der Waals surface area (Å²) in [5.74, 6) is 0.699. The summed E-state index contributed by atoms with van der Waals surface area (Å²) in [7, 11) is 0. The third-order valence-corrected chi connectivity index (χ3v) is 2.64. The Kier molecular flexibility index (Phi) is 2.23. The van der Waals surface area contributed by atoms with Crippen LogP contribution in [0.15, 0.2) is 11.6 Å². The van der Waals surface area contributed by atoms with E-state index in [0.29, 0.717) is 5.95 Å². The molecular formula is C11H15N3. The zero-order valence-corrected chi connectivity index (χ0v) is 8.58. The first-order chi connectivity index (χ1) is 6.74. The topological polar surface area (TPSA) is 30.2 Å². The summed E-state index contributed by atoms with van der Waals surface area (Å²) in [6.07, 6.45) is 4.63. The fourth-order valence-corrected chi connectivity index (χ4v) is 2.03. The van der Waals surface area contributed by atoms with Crippen molar-refractivity contribution in [3.63, 3.8) is 0 Å². The molecule has 74 valence electrons. The average molecular weight is 189 g/mol. The van der Waals surface area contributed by atoms with Crippen LogP contribution in [0.25, 0.3) is 5.70 Å². The predicted octanol–water partition coefficient (Wildman–Crippen LogP) is 2.58. The van der Waals surface area contributed by atoms with Gasteiger partial charge in [-0.25, -0.2) is 9.98 Å². The summed E-state index contributed by atoms with van der Waals surface area (Å²) in [5, 5.41) is 0. The third-order valence-electron chi connectivity index (χ3n) is 2.64. The predicted molar refractivity (Wildman–Crippen MR) is 59.1 cm³/mol. The lowest BCUT2D eigenvalue weighted by Crippen LogP contribution is -2.06. The van der Waals surface area contributed by atoms with E-state index in [1.54, 1.807) is 0 Å². The highest BCUT2D eigenvalue weighted by molar-refractivity contribution is 5.52. The Bertz CT molecular complexity index is 387. The van der Waals surface area contributed by atoms with Crippen molar-refractivity contribution in [2.45, 2.75) is 32.6 Å². The standard InChI is InChI=1S/C11H15N3/c1-8(2)14-10-7-5-4-6-9(10)13-11(14)12-3/h1,3-7H2,2H3. The number of aliphatic imine (C=N–C) groups is 1. The van der Waals surface area contributed by atoms with Crippen LogP contribution in [-0.4, -0.2) is 16.3 Å². The molecule has 0 spiro atoms. The van der Waals surface area contributed by atoms with Crippen molar-refractivity contribution in [3.8, 4) is 0 Å². The molecule has 0 bridgehead atoms. The monoisotopic (exact) mass is 189 g/mol. The molecule has 0 saturated carbocycles. The number of rotatable bonds is 2. The van der Waals surface area contributed by atoms with Crippen molar-refractivity contribution in [1.82, 2.24) is 9.55 Å². The molecule has 0 N–H and O–H groups in total. The van der Waals surface area contributed by atoms with E-state index < -0.39 is 0 Å². The molecule has 1 aliphatic carbocycles. The Morgan fingerprint density at radius 1 is 1.43 bits per heavy atom. The van der Waals surface area contributed by atoms with Crippen molar-refractivity contribution < 1.29 is 0 Å². The summed E-state index contributed by atoms with van der Waals surface area (Å²) in [6.45, 7) is 9.47. The van der Waals surface area contributed by atoms with Crippen LogP contribution >= 0.6 is 0 Å². The quantitative estimate of drug-likeness (QED) is 0.658. The molecule has 0 unspecified atom stereocenters. The summed E-state index contributed by atoms with van der Waals surface area (Å²) in [6, 6.07) is 0. The van der Waals surface area contributed by atoms with Gasteiger partial charge < -0.3 is 0 Å². The van der Waals surface area contributed by atoms with Crippen molar-refractivity contribution in [1.29, 1.82) is 0 Å². The van der Waals surface area contributed by atoms with Gasteiger partial charge in [0, 0.05) is 11.4 Å². The number of allylic oxidation sites excluding steroid dienone is 1. The molecule has 0 saturated heterocycles. The molecule has 1 aliphatic rings. The largest absolute Gasteiger partial charge is 0.286 e. The molecule has 1 aromatic heterocycles. The first-order valence-electron chi connectivity index (χ1n) is 4.97. The van der Waals surface area contributed by atoms with Gasteiger partial charge in [0.1, 0.15) is 0 Å². The minimum Gasteiger partial charge on any atom is -0.286 e. The van der Waals surface area contributed by atoms with Crippen LogP contribution in [0.1, 0.15) is 31.2 Å². The third kappa shape index (κ3) is 1.29. The summed E-state index contributed by atoms with van der Waals surface area (Å²) in [4.78, 5) is 8.40. The molecule has 0 amide bonds. The smallest absolute Gasteiger partial charge is 0.233 e. The molecule has 2 rings (SSSR count). The van der Waals surface area contributed by atoms with Gasteiger partial charge in [0.05, 0.1) is 5.69 Å². The van der Waals surface area contributed by atoms with Crippen molar-refractivity contribution in [2.75, 3.05) is 0 Å². The molecule has 1 heterocycles. The lowest BCUT2D eigenvalue weighted by Gasteiger charge is -2.13. The highest BCUT2D eigenvalue weighted by Gasteiger charge is 2.19. The molecule has 0 atom stereocenters. The maximum Gasteiger partial charge on any atom is 0.233 e. The summed E-state index contributed by atoms with van der Waals surface area (Å²) < 4.78 is 2.03. The van der Waals surface area contributed by atoms with Crippen molar-refractivity contribution in [3.05, 3.63) is 18.0 Å². The number of nitrogens with zero attached hydrogens (tertiary/aromatic N) is 3. The highest BCUT2D eigenvalue weighted by atomic mass is 15.2. The van der Waals surface area contributed by atoms with Crippen LogP contribution in [0.5, 0.6) is 0 Å². The number of imidazole rings is 1. The molecular weight excluding hydrogens is 174 g/mol. The lowest BCUT2D eigenvalue weighted by atomic mass is 10.0. The van der Waals surface area contributed by atoms with Crippen LogP contribution in [0.3, 0.4) is 0 Å². The zero-order chi connectivity index (χ0) is 10.1. The first-order valence-corrected chi connectivity index (χ1v) is 4.97. The molecule has 0 radical (unpaired) electrons. The molecule has 3 nitrogen and oxygen atoms in total. The van der Waals surface area contributed by atoms with Crippen LogP contribution in [0, 0.1) is 0 Å². The first kappa shape index (κ1) is 9.19. The zero-order valence-electron chi connectivity index (χ0n) is 8.58. The minimum absolute atomic E-state index is 0.699. The second-order valence-corrected chi connectivity index (χ2v) is 3.74. The van der Waals surface area contributed by atoms with Crippen LogP contribution in [-0.2, 0) is 12.8 Å². The van der Waals surface area contributed by atoms with Crippen molar-refractivity contribution >= 4 is 18.4 Å². The van der Waals surface area contributed by atoms with Crippen LogP contribution < -0.4 is 0 Å². The van der Waals surface area contributed by atoms with Gasteiger partial charge in [0.25, 0.3) is 0 Å². The van der Waals surface area contributed by atoms with Gasteiger partial charge in [-0.3, -0.25) is 4.57 Å². The van der Waals surface area contributed by atoms with E-state index in [1.165, 1.54) is 24.2 Å². The van der Waals surface area contributed by atoms with Gasteiger partial charge >= 0.3 is 0 Å². The Labute approximate surface area is 84.2 Å². The molecule has 14 heavy (non-hydrogen) atoms. The molecule has 0 aromatic carbocycles. The van der Waals surface area contributed by atoms with Crippen molar-refractivity contribution in [2.24, 2.45) is 4.99 Å².